The number of nitrogens with one attached hydrogen (secondary N) is 1. The van der Waals surface area contributed by atoms with Crippen LogP contribution in [0.2, 0.25) is 0 Å². The van der Waals surface area contributed by atoms with Crippen molar-refractivity contribution in [3.8, 4) is 0 Å². The number of rotatable bonds is 4. The van der Waals surface area contributed by atoms with Crippen LogP contribution >= 0.6 is 0 Å². The highest BCUT2D eigenvalue weighted by Crippen LogP contribution is 2.50. The maximum absolute atomic E-state index is 12.8. The van der Waals surface area contributed by atoms with Gasteiger partial charge in [-0.3, -0.25) is 11.3 Å². The topological polar surface area (TPSA) is 38.0 Å². The van der Waals surface area contributed by atoms with E-state index in [-0.39, 0.29) is 11.5 Å². The first-order valence-electron chi connectivity index (χ1n) is 7.06. The third kappa shape index (κ3) is 2.83. The van der Waals surface area contributed by atoms with Crippen molar-refractivity contribution in [2.45, 2.75) is 51.2 Å². The Bertz CT molecular complexity index is 451. The van der Waals surface area contributed by atoms with E-state index in [0.717, 1.165) is 38.2 Å². The summed E-state index contributed by atoms with van der Waals surface area (Å²) in [5.74, 6) is 5.67. The monoisotopic (exact) mass is 286 g/mol. The predicted octanol–water partition coefficient (Wildman–Crippen LogP) is 4.18. The molecule has 0 heterocycles. The fourth-order valence-electron chi connectivity index (χ4n) is 3.45. The maximum Gasteiger partial charge on any atom is 0.416 e. The van der Waals surface area contributed by atoms with Crippen LogP contribution in [0.1, 0.15) is 56.2 Å². The van der Waals surface area contributed by atoms with E-state index in [1.807, 2.05) is 0 Å². The maximum atomic E-state index is 12.8. The Hall–Kier alpha value is -1.07. The molecule has 0 spiro atoms. The minimum absolute atomic E-state index is 0.0288. The molecular formula is C15H21F3N2. The molecule has 1 aliphatic carbocycles. The van der Waals surface area contributed by atoms with Gasteiger partial charge in [-0.25, -0.2) is 0 Å². The van der Waals surface area contributed by atoms with Crippen molar-refractivity contribution in [3.05, 3.63) is 35.4 Å². The molecule has 1 saturated carbocycles. The molecule has 20 heavy (non-hydrogen) atoms. The number of benzene rings is 1. The molecule has 1 unspecified atom stereocenters. The number of hydrogen-bond acceptors (Lipinski definition) is 2. The first-order chi connectivity index (χ1) is 9.43. The molecule has 0 radical (unpaired) electrons. The van der Waals surface area contributed by atoms with Crippen molar-refractivity contribution in [3.63, 3.8) is 0 Å². The summed E-state index contributed by atoms with van der Waals surface area (Å²) < 4.78 is 38.5. The second-order valence-corrected chi connectivity index (χ2v) is 5.65. The van der Waals surface area contributed by atoms with Crippen LogP contribution in [0.4, 0.5) is 13.2 Å². The summed E-state index contributed by atoms with van der Waals surface area (Å²) >= 11 is 0. The van der Waals surface area contributed by atoms with Crippen LogP contribution in [0.5, 0.6) is 0 Å². The summed E-state index contributed by atoms with van der Waals surface area (Å²) in [5, 5.41) is 0. The lowest BCUT2D eigenvalue weighted by atomic mass is 9.73. The average molecular weight is 286 g/mol. The number of hydrazine groups is 1. The third-order valence-electron chi connectivity index (χ3n) is 4.63. The summed E-state index contributed by atoms with van der Waals surface area (Å²) in [4.78, 5) is 0. The number of nitrogens with two attached hydrogens (primary N) is 1. The molecule has 1 aromatic rings. The van der Waals surface area contributed by atoms with E-state index in [1.54, 1.807) is 6.07 Å². The summed E-state index contributed by atoms with van der Waals surface area (Å²) in [6.45, 7) is 2.09. The fourth-order valence-corrected chi connectivity index (χ4v) is 3.45. The lowest BCUT2D eigenvalue weighted by Gasteiger charge is -2.37. The quantitative estimate of drug-likeness (QED) is 0.643. The fraction of sp³-hybridized carbons (Fsp3) is 0.600. The van der Waals surface area contributed by atoms with E-state index in [4.69, 9.17) is 5.84 Å². The van der Waals surface area contributed by atoms with Crippen LogP contribution in [0.15, 0.2) is 24.3 Å². The van der Waals surface area contributed by atoms with E-state index in [1.165, 1.54) is 12.1 Å². The highest BCUT2D eigenvalue weighted by Gasteiger charge is 2.41. The van der Waals surface area contributed by atoms with E-state index in [9.17, 15) is 13.2 Å². The standard InChI is InChI=1S/C15H21F3N2/c1-2-14(8-3-4-9-14)13(20-19)11-6-5-7-12(10-11)15(16,17)18/h5-7,10,13,20H,2-4,8-9,19H2,1H3. The zero-order valence-electron chi connectivity index (χ0n) is 11.6. The van der Waals surface area contributed by atoms with Crippen molar-refractivity contribution in [2.24, 2.45) is 11.3 Å². The molecule has 0 aromatic heterocycles. The number of alkyl halides is 3. The van der Waals surface area contributed by atoms with Crippen LogP contribution in [0.3, 0.4) is 0 Å². The zero-order chi connectivity index (χ0) is 14.8. The van der Waals surface area contributed by atoms with Gasteiger partial charge in [0.1, 0.15) is 0 Å². The van der Waals surface area contributed by atoms with Crippen LogP contribution in [0.25, 0.3) is 0 Å². The Labute approximate surface area is 117 Å². The molecule has 2 rings (SSSR count). The van der Waals surface area contributed by atoms with E-state index in [0.29, 0.717) is 5.56 Å². The molecule has 1 fully saturated rings. The molecule has 112 valence electrons. The van der Waals surface area contributed by atoms with Crippen LogP contribution in [-0.2, 0) is 6.18 Å². The lowest BCUT2D eigenvalue weighted by Crippen LogP contribution is -2.40. The summed E-state index contributed by atoms with van der Waals surface area (Å²) in [6.07, 6.45) is 0.849. The summed E-state index contributed by atoms with van der Waals surface area (Å²) in [5.41, 5.74) is 2.75. The molecule has 2 nitrogen and oxygen atoms in total. The van der Waals surface area contributed by atoms with Gasteiger partial charge in [0.05, 0.1) is 11.6 Å². The summed E-state index contributed by atoms with van der Waals surface area (Å²) in [7, 11) is 0. The molecule has 1 aromatic carbocycles. The van der Waals surface area contributed by atoms with Crippen LogP contribution in [-0.4, -0.2) is 0 Å². The van der Waals surface area contributed by atoms with E-state index in [2.05, 4.69) is 12.3 Å². The van der Waals surface area contributed by atoms with Gasteiger partial charge in [-0.15, -0.1) is 0 Å². The average Bonchev–Trinajstić information content (AvgIpc) is 2.89. The second kappa shape index (κ2) is 5.74. The highest BCUT2D eigenvalue weighted by molar-refractivity contribution is 5.29. The van der Waals surface area contributed by atoms with Gasteiger partial charge in [0.25, 0.3) is 0 Å². The van der Waals surface area contributed by atoms with Gasteiger partial charge < -0.3 is 0 Å². The van der Waals surface area contributed by atoms with Crippen molar-refractivity contribution < 1.29 is 13.2 Å². The molecule has 0 bridgehead atoms. The van der Waals surface area contributed by atoms with Crippen LogP contribution < -0.4 is 11.3 Å². The molecule has 3 N–H and O–H groups in total. The zero-order valence-corrected chi connectivity index (χ0v) is 11.6. The number of halogens is 3. The third-order valence-corrected chi connectivity index (χ3v) is 4.63. The Morgan fingerprint density at radius 1 is 1.30 bits per heavy atom. The lowest BCUT2D eigenvalue weighted by molar-refractivity contribution is -0.137. The minimum atomic E-state index is -4.32. The highest BCUT2D eigenvalue weighted by atomic mass is 19.4. The van der Waals surface area contributed by atoms with E-state index >= 15 is 0 Å². The van der Waals surface area contributed by atoms with Crippen molar-refractivity contribution in [1.82, 2.24) is 5.43 Å². The molecule has 5 heteroatoms. The Morgan fingerprint density at radius 3 is 2.45 bits per heavy atom. The molecule has 1 atom stereocenters. The summed E-state index contributed by atoms with van der Waals surface area (Å²) in [6, 6.07) is 5.29. The Balaban J connectivity index is 2.37. The van der Waals surface area contributed by atoms with Crippen LogP contribution in [0, 0.1) is 5.41 Å². The number of hydrogen-bond donors (Lipinski definition) is 2. The molecular weight excluding hydrogens is 265 g/mol. The van der Waals surface area contributed by atoms with Gasteiger partial charge in [0.2, 0.25) is 0 Å². The first-order valence-corrected chi connectivity index (χ1v) is 7.06. The van der Waals surface area contributed by atoms with E-state index < -0.39 is 11.7 Å². The largest absolute Gasteiger partial charge is 0.416 e. The van der Waals surface area contributed by atoms with Gasteiger partial charge in [-0.05, 0) is 42.4 Å². The van der Waals surface area contributed by atoms with Gasteiger partial charge >= 0.3 is 6.18 Å². The smallest absolute Gasteiger partial charge is 0.271 e. The SMILES string of the molecule is CCC1(C(NN)c2cccc(C(F)(F)F)c2)CCCC1. The van der Waals surface area contributed by atoms with Gasteiger partial charge in [0.15, 0.2) is 0 Å². The Kier molecular flexibility index (Phi) is 4.39. The minimum Gasteiger partial charge on any atom is -0.271 e. The molecule has 0 amide bonds. The Morgan fingerprint density at radius 2 is 1.95 bits per heavy atom. The van der Waals surface area contributed by atoms with Crippen molar-refractivity contribution in [2.75, 3.05) is 0 Å². The van der Waals surface area contributed by atoms with Crippen molar-refractivity contribution in [1.29, 1.82) is 0 Å². The first kappa shape index (κ1) is 15.3. The van der Waals surface area contributed by atoms with Gasteiger partial charge in [0, 0.05) is 0 Å². The molecule has 0 saturated heterocycles. The predicted molar refractivity (Wildman–Crippen MR) is 72.7 cm³/mol. The van der Waals surface area contributed by atoms with Gasteiger partial charge in [-0.1, -0.05) is 31.9 Å². The molecule has 0 aliphatic heterocycles. The van der Waals surface area contributed by atoms with Crippen molar-refractivity contribution >= 4 is 0 Å². The second-order valence-electron chi connectivity index (χ2n) is 5.65. The van der Waals surface area contributed by atoms with Gasteiger partial charge in [-0.2, -0.15) is 13.2 Å². The molecule has 1 aliphatic rings. The normalized spacial score (nSPS) is 20.1.